The Morgan fingerprint density at radius 2 is 2.00 bits per heavy atom. The van der Waals surface area contributed by atoms with Crippen LogP contribution in [0, 0.1) is 13.8 Å². The minimum atomic E-state index is 0.541. The fourth-order valence-electron chi connectivity index (χ4n) is 1.85. The molecule has 0 unspecified atom stereocenters. The van der Waals surface area contributed by atoms with E-state index in [1.807, 2.05) is 12.1 Å². The maximum absolute atomic E-state index is 5.82. The highest BCUT2D eigenvalue weighted by Gasteiger charge is 2.06. The highest BCUT2D eigenvalue weighted by atomic mass is 16.5. The van der Waals surface area contributed by atoms with Crippen molar-refractivity contribution in [3.8, 4) is 5.75 Å². The van der Waals surface area contributed by atoms with Crippen LogP contribution in [-0.2, 0) is 13.2 Å². The molecule has 0 fully saturated rings. The van der Waals surface area contributed by atoms with E-state index in [1.54, 1.807) is 6.26 Å². The van der Waals surface area contributed by atoms with Gasteiger partial charge in [-0.25, -0.2) is 0 Å². The monoisotopic (exact) mass is 259 g/mol. The zero-order valence-corrected chi connectivity index (χ0v) is 11.8. The van der Waals surface area contributed by atoms with Gasteiger partial charge in [-0.15, -0.1) is 0 Å². The molecule has 0 bridgehead atoms. The molecular weight excluding hydrogens is 238 g/mol. The summed E-state index contributed by atoms with van der Waals surface area (Å²) >= 11 is 0. The Kier molecular flexibility index (Phi) is 4.63. The molecule has 0 radical (unpaired) electrons. The molecule has 19 heavy (non-hydrogen) atoms. The van der Waals surface area contributed by atoms with Crippen LogP contribution in [0.2, 0.25) is 0 Å². The summed E-state index contributed by atoms with van der Waals surface area (Å²) in [6.45, 7) is 8.49. The molecule has 3 nitrogen and oxygen atoms in total. The lowest BCUT2D eigenvalue weighted by Crippen LogP contribution is -2.12. The number of nitrogens with one attached hydrogen (secondary N) is 1. The van der Waals surface area contributed by atoms with Gasteiger partial charge in [-0.3, -0.25) is 0 Å². The summed E-state index contributed by atoms with van der Waals surface area (Å²) in [5.41, 5.74) is 3.63. The highest BCUT2D eigenvalue weighted by Crippen LogP contribution is 2.19. The molecule has 0 amide bonds. The number of ether oxygens (including phenoxy) is 1. The molecule has 0 aliphatic carbocycles. The molecule has 1 heterocycles. The average molecular weight is 259 g/mol. The predicted octanol–water partition coefficient (Wildman–Crippen LogP) is 3.58. The number of hydrogen-bond donors (Lipinski definition) is 1. The summed E-state index contributed by atoms with van der Waals surface area (Å²) < 4.78 is 11.3. The molecule has 1 aromatic heterocycles. The van der Waals surface area contributed by atoms with Crippen molar-refractivity contribution in [2.75, 3.05) is 6.54 Å². The van der Waals surface area contributed by atoms with Crippen molar-refractivity contribution in [3.63, 3.8) is 0 Å². The van der Waals surface area contributed by atoms with Crippen molar-refractivity contribution in [3.05, 3.63) is 53.0 Å². The van der Waals surface area contributed by atoms with Gasteiger partial charge in [-0.2, -0.15) is 0 Å². The average Bonchev–Trinajstić information content (AvgIpc) is 2.85. The summed E-state index contributed by atoms with van der Waals surface area (Å²) in [5, 5.41) is 3.26. The second-order valence-corrected chi connectivity index (χ2v) is 4.68. The van der Waals surface area contributed by atoms with Gasteiger partial charge in [0.1, 0.15) is 18.1 Å². The summed E-state index contributed by atoms with van der Waals surface area (Å²) in [4.78, 5) is 0. The molecule has 2 rings (SSSR count). The van der Waals surface area contributed by atoms with Crippen LogP contribution in [0.4, 0.5) is 0 Å². The van der Waals surface area contributed by atoms with Crippen molar-refractivity contribution in [1.82, 2.24) is 5.32 Å². The van der Waals surface area contributed by atoms with Crippen molar-refractivity contribution < 1.29 is 9.15 Å². The van der Waals surface area contributed by atoms with E-state index >= 15 is 0 Å². The predicted molar refractivity (Wildman–Crippen MR) is 76.3 cm³/mol. The second-order valence-electron chi connectivity index (χ2n) is 4.68. The van der Waals surface area contributed by atoms with Crippen LogP contribution in [-0.4, -0.2) is 6.54 Å². The topological polar surface area (TPSA) is 34.4 Å². The smallest absolute Gasteiger partial charge is 0.124 e. The zero-order chi connectivity index (χ0) is 13.7. The van der Waals surface area contributed by atoms with E-state index in [-0.39, 0.29) is 0 Å². The number of aryl methyl sites for hydroxylation is 2. The Hall–Kier alpha value is -1.74. The van der Waals surface area contributed by atoms with Gasteiger partial charge in [0.05, 0.1) is 12.8 Å². The van der Waals surface area contributed by atoms with Crippen molar-refractivity contribution >= 4 is 0 Å². The second kappa shape index (κ2) is 6.43. The normalized spacial score (nSPS) is 10.7. The molecule has 1 N–H and O–H groups in total. The quantitative estimate of drug-likeness (QED) is 0.861. The van der Waals surface area contributed by atoms with Gasteiger partial charge in [0.2, 0.25) is 0 Å². The number of furan rings is 1. The van der Waals surface area contributed by atoms with Gasteiger partial charge in [0.25, 0.3) is 0 Å². The summed E-state index contributed by atoms with van der Waals surface area (Å²) in [5.74, 6) is 1.85. The summed E-state index contributed by atoms with van der Waals surface area (Å²) in [6, 6.07) is 8.12. The molecule has 1 aromatic carbocycles. The summed E-state index contributed by atoms with van der Waals surface area (Å²) in [7, 11) is 0. The van der Waals surface area contributed by atoms with Gasteiger partial charge in [0.15, 0.2) is 0 Å². The van der Waals surface area contributed by atoms with Gasteiger partial charge in [-0.1, -0.05) is 13.0 Å². The zero-order valence-electron chi connectivity index (χ0n) is 11.8. The van der Waals surface area contributed by atoms with E-state index in [9.17, 15) is 0 Å². The third-order valence-corrected chi connectivity index (χ3v) is 3.25. The standard InChI is InChI=1S/C16H21NO2/c1-4-17-10-16-14(7-8-18-16)11-19-15-6-5-12(2)13(3)9-15/h5-9,17H,4,10-11H2,1-3H3. The third kappa shape index (κ3) is 3.61. The van der Waals surface area contributed by atoms with E-state index in [0.29, 0.717) is 6.61 Å². The molecule has 0 saturated heterocycles. The largest absolute Gasteiger partial charge is 0.489 e. The Morgan fingerprint density at radius 3 is 2.74 bits per heavy atom. The van der Waals surface area contributed by atoms with Crippen LogP contribution in [0.3, 0.4) is 0 Å². The highest BCUT2D eigenvalue weighted by molar-refractivity contribution is 5.34. The Balaban J connectivity index is 1.98. The molecule has 102 valence electrons. The Labute approximate surface area is 114 Å². The fourth-order valence-corrected chi connectivity index (χ4v) is 1.85. The molecule has 2 aromatic rings. The lowest BCUT2D eigenvalue weighted by atomic mass is 10.1. The van der Waals surface area contributed by atoms with Crippen LogP contribution < -0.4 is 10.1 Å². The molecule has 0 atom stereocenters. The Morgan fingerprint density at radius 1 is 1.16 bits per heavy atom. The molecular formula is C16H21NO2. The van der Waals surface area contributed by atoms with Gasteiger partial charge < -0.3 is 14.5 Å². The van der Waals surface area contributed by atoms with E-state index in [4.69, 9.17) is 9.15 Å². The maximum Gasteiger partial charge on any atom is 0.124 e. The van der Waals surface area contributed by atoms with E-state index in [2.05, 4.69) is 38.2 Å². The first-order chi connectivity index (χ1) is 9.20. The number of rotatable bonds is 6. The number of hydrogen-bond acceptors (Lipinski definition) is 3. The van der Waals surface area contributed by atoms with E-state index < -0.39 is 0 Å². The van der Waals surface area contributed by atoms with Crippen LogP contribution in [0.25, 0.3) is 0 Å². The first kappa shape index (κ1) is 13.7. The van der Waals surface area contributed by atoms with Gasteiger partial charge in [-0.05, 0) is 49.7 Å². The lowest BCUT2D eigenvalue weighted by Gasteiger charge is -2.08. The van der Waals surface area contributed by atoms with Crippen molar-refractivity contribution in [2.24, 2.45) is 0 Å². The fraction of sp³-hybridized carbons (Fsp3) is 0.375. The first-order valence-electron chi connectivity index (χ1n) is 6.66. The molecule has 0 saturated carbocycles. The third-order valence-electron chi connectivity index (χ3n) is 3.25. The van der Waals surface area contributed by atoms with Crippen LogP contribution >= 0.6 is 0 Å². The van der Waals surface area contributed by atoms with Crippen molar-refractivity contribution in [2.45, 2.75) is 33.9 Å². The van der Waals surface area contributed by atoms with E-state index in [1.165, 1.54) is 11.1 Å². The minimum Gasteiger partial charge on any atom is -0.489 e. The lowest BCUT2D eigenvalue weighted by molar-refractivity contribution is 0.301. The number of benzene rings is 1. The molecule has 3 heteroatoms. The summed E-state index contributed by atoms with van der Waals surface area (Å²) in [6.07, 6.45) is 1.71. The molecule has 0 aliphatic heterocycles. The Bertz CT molecular complexity index is 531. The molecule has 0 aliphatic rings. The van der Waals surface area contributed by atoms with Crippen LogP contribution in [0.15, 0.2) is 34.9 Å². The maximum atomic E-state index is 5.82. The van der Waals surface area contributed by atoms with Crippen LogP contribution in [0.5, 0.6) is 5.75 Å². The van der Waals surface area contributed by atoms with E-state index in [0.717, 1.165) is 30.2 Å². The molecule has 0 spiro atoms. The van der Waals surface area contributed by atoms with Gasteiger partial charge >= 0.3 is 0 Å². The minimum absolute atomic E-state index is 0.541. The SMILES string of the molecule is CCNCc1occc1COc1ccc(C)c(C)c1. The first-order valence-corrected chi connectivity index (χ1v) is 6.66. The van der Waals surface area contributed by atoms with Crippen molar-refractivity contribution in [1.29, 1.82) is 0 Å². The van der Waals surface area contributed by atoms with Gasteiger partial charge in [0, 0.05) is 5.56 Å². The van der Waals surface area contributed by atoms with Crippen LogP contribution in [0.1, 0.15) is 29.4 Å².